The third-order valence-corrected chi connectivity index (χ3v) is 4.27. The average molecular weight is 271 g/mol. The highest BCUT2D eigenvalue weighted by Crippen LogP contribution is 2.42. The van der Waals surface area contributed by atoms with Crippen molar-refractivity contribution in [2.45, 2.75) is 25.3 Å². The van der Waals surface area contributed by atoms with Gasteiger partial charge in [0, 0.05) is 0 Å². The van der Waals surface area contributed by atoms with Gasteiger partial charge >= 0.3 is 0 Å². The van der Waals surface area contributed by atoms with Gasteiger partial charge in [0.2, 0.25) is 0 Å². The lowest BCUT2D eigenvalue weighted by atomic mass is 9.82. The van der Waals surface area contributed by atoms with Crippen LogP contribution in [0.1, 0.15) is 28.7 Å². The molecule has 0 fully saturated rings. The van der Waals surface area contributed by atoms with Crippen molar-refractivity contribution in [3.05, 3.63) is 64.5 Å². The Morgan fingerprint density at radius 1 is 1.15 bits per heavy atom. The maximum atomic E-state index is 13.6. The lowest BCUT2D eigenvalue weighted by Crippen LogP contribution is -2.36. The van der Waals surface area contributed by atoms with E-state index in [0.29, 0.717) is 0 Å². The van der Waals surface area contributed by atoms with Crippen molar-refractivity contribution in [2.24, 2.45) is 5.73 Å². The van der Waals surface area contributed by atoms with E-state index in [4.69, 9.17) is 10.5 Å². The van der Waals surface area contributed by atoms with Crippen LogP contribution in [-0.4, -0.2) is 7.11 Å². The number of fused-ring (bicyclic) bond motifs is 1. The summed E-state index contributed by atoms with van der Waals surface area (Å²) in [6.45, 7) is 1.97. The van der Waals surface area contributed by atoms with Crippen LogP contribution in [0.3, 0.4) is 0 Å². The highest BCUT2D eigenvalue weighted by atomic mass is 19.1. The molecule has 0 heterocycles. The molecule has 2 nitrogen and oxygen atoms in total. The minimum atomic E-state index is -0.629. The molecule has 3 heteroatoms. The lowest BCUT2D eigenvalue weighted by molar-refractivity contribution is 0.412. The second-order valence-electron chi connectivity index (χ2n) is 5.45. The molecule has 1 unspecified atom stereocenters. The first kappa shape index (κ1) is 13.1. The van der Waals surface area contributed by atoms with Crippen molar-refractivity contribution < 1.29 is 9.13 Å². The van der Waals surface area contributed by atoms with Crippen LogP contribution in [0, 0.1) is 12.7 Å². The van der Waals surface area contributed by atoms with Crippen LogP contribution < -0.4 is 10.5 Å². The lowest BCUT2D eigenvalue weighted by Gasteiger charge is -2.28. The summed E-state index contributed by atoms with van der Waals surface area (Å²) in [6.07, 6.45) is 1.70. The van der Waals surface area contributed by atoms with Gasteiger partial charge in [-0.25, -0.2) is 4.39 Å². The zero-order valence-corrected chi connectivity index (χ0v) is 11.7. The quantitative estimate of drug-likeness (QED) is 0.909. The summed E-state index contributed by atoms with van der Waals surface area (Å²) in [5, 5.41) is 0. The summed E-state index contributed by atoms with van der Waals surface area (Å²) < 4.78 is 18.9. The van der Waals surface area contributed by atoms with Crippen molar-refractivity contribution >= 4 is 0 Å². The number of nitrogens with two attached hydrogens (primary N) is 1. The van der Waals surface area contributed by atoms with E-state index in [9.17, 15) is 4.39 Å². The maximum absolute atomic E-state index is 13.6. The van der Waals surface area contributed by atoms with Crippen LogP contribution in [-0.2, 0) is 12.0 Å². The smallest absolute Gasteiger partial charge is 0.123 e. The second kappa shape index (κ2) is 4.60. The normalized spacial score (nSPS) is 20.8. The van der Waals surface area contributed by atoms with Gasteiger partial charge in [-0.15, -0.1) is 0 Å². The van der Waals surface area contributed by atoms with Gasteiger partial charge in [0.05, 0.1) is 12.6 Å². The Bertz CT molecular complexity index is 668. The molecular weight excluding hydrogens is 253 g/mol. The van der Waals surface area contributed by atoms with E-state index in [1.54, 1.807) is 19.2 Å². The van der Waals surface area contributed by atoms with Gasteiger partial charge in [-0.3, -0.25) is 0 Å². The number of hydrogen-bond donors (Lipinski definition) is 1. The van der Waals surface area contributed by atoms with Crippen LogP contribution in [0.25, 0.3) is 0 Å². The SMILES string of the molecule is COc1ccc2c(c1)C(N)(c1cc(F)ccc1C)CC2. The number of methoxy groups -OCH3 is 1. The van der Waals surface area contributed by atoms with Crippen molar-refractivity contribution in [2.75, 3.05) is 7.11 Å². The van der Waals surface area contributed by atoms with Crippen molar-refractivity contribution in [1.82, 2.24) is 0 Å². The third-order valence-electron chi connectivity index (χ3n) is 4.27. The maximum Gasteiger partial charge on any atom is 0.123 e. The molecule has 3 rings (SSSR count). The summed E-state index contributed by atoms with van der Waals surface area (Å²) in [7, 11) is 1.64. The minimum absolute atomic E-state index is 0.244. The van der Waals surface area contributed by atoms with Gasteiger partial charge < -0.3 is 10.5 Å². The zero-order chi connectivity index (χ0) is 14.3. The largest absolute Gasteiger partial charge is 0.497 e. The molecule has 0 radical (unpaired) electrons. The number of halogens is 1. The summed E-state index contributed by atoms with van der Waals surface area (Å²) in [5.41, 5.74) is 10.2. The minimum Gasteiger partial charge on any atom is -0.497 e. The van der Waals surface area contributed by atoms with E-state index >= 15 is 0 Å². The van der Waals surface area contributed by atoms with Gasteiger partial charge in [-0.1, -0.05) is 12.1 Å². The molecule has 0 saturated carbocycles. The molecule has 2 N–H and O–H groups in total. The van der Waals surface area contributed by atoms with Crippen LogP contribution in [0.15, 0.2) is 36.4 Å². The molecule has 1 atom stereocenters. The molecule has 104 valence electrons. The summed E-state index contributed by atoms with van der Waals surface area (Å²) in [5.74, 6) is 0.543. The highest BCUT2D eigenvalue weighted by Gasteiger charge is 2.38. The molecule has 0 saturated heterocycles. The summed E-state index contributed by atoms with van der Waals surface area (Å²) in [4.78, 5) is 0. The van der Waals surface area contributed by atoms with E-state index in [2.05, 4.69) is 6.07 Å². The number of hydrogen-bond acceptors (Lipinski definition) is 2. The van der Waals surface area contributed by atoms with Gasteiger partial charge in [0.1, 0.15) is 11.6 Å². The molecule has 1 aliphatic rings. The topological polar surface area (TPSA) is 35.2 Å². The Morgan fingerprint density at radius 2 is 1.95 bits per heavy atom. The van der Waals surface area contributed by atoms with E-state index in [-0.39, 0.29) is 5.82 Å². The molecule has 2 aromatic carbocycles. The number of rotatable bonds is 2. The Balaban J connectivity index is 2.18. The number of ether oxygens (including phenoxy) is 1. The first-order valence-corrected chi connectivity index (χ1v) is 6.77. The van der Waals surface area contributed by atoms with Crippen molar-refractivity contribution in [3.8, 4) is 5.75 Å². The molecule has 20 heavy (non-hydrogen) atoms. The summed E-state index contributed by atoms with van der Waals surface area (Å²) >= 11 is 0. The standard InChI is InChI=1S/C17H18FNO/c1-11-3-5-13(18)9-15(11)17(19)8-7-12-4-6-14(20-2)10-16(12)17/h3-6,9-10H,7-8,19H2,1-2H3. The third kappa shape index (κ3) is 1.90. The van der Waals surface area contributed by atoms with E-state index in [0.717, 1.165) is 35.3 Å². The first-order chi connectivity index (χ1) is 9.54. The van der Waals surface area contributed by atoms with Gasteiger partial charge in [0.15, 0.2) is 0 Å². The monoisotopic (exact) mass is 271 g/mol. The second-order valence-corrected chi connectivity index (χ2v) is 5.45. The fourth-order valence-corrected chi connectivity index (χ4v) is 3.14. The molecule has 1 aliphatic carbocycles. The molecule has 0 bridgehead atoms. The molecule has 0 aliphatic heterocycles. The number of aryl methyl sites for hydroxylation is 2. The molecule has 2 aromatic rings. The molecular formula is C17H18FNO. The van der Waals surface area contributed by atoms with Crippen LogP contribution in [0.4, 0.5) is 4.39 Å². The Labute approximate surface area is 118 Å². The Kier molecular flexibility index (Phi) is 3.02. The van der Waals surface area contributed by atoms with Crippen molar-refractivity contribution in [3.63, 3.8) is 0 Å². The highest BCUT2D eigenvalue weighted by molar-refractivity contribution is 5.51. The molecule has 0 aromatic heterocycles. The molecule has 0 spiro atoms. The van der Waals surface area contributed by atoms with Crippen LogP contribution >= 0.6 is 0 Å². The van der Waals surface area contributed by atoms with Crippen LogP contribution in [0.2, 0.25) is 0 Å². The fourth-order valence-electron chi connectivity index (χ4n) is 3.14. The average Bonchev–Trinajstić information content (AvgIpc) is 2.79. The van der Waals surface area contributed by atoms with E-state index in [1.807, 2.05) is 19.1 Å². The van der Waals surface area contributed by atoms with E-state index < -0.39 is 5.54 Å². The van der Waals surface area contributed by atoms with Gasteiger partial charge in [-0.05, 0) is 66.3 Å². The first-order valence-electron chi connectivity index (χ1n) is 6.77. The Morgan fingerprint density at radius 3 is 2.70 bits per heavy atom. The fraction of sp³-hybridized carbons (Fsp3) is 0.294. The van der Waals surface area contributed by atoms with Crippen molar-refractivity contribution in [1.29, 1.82) is 0 Å². The Hall–Kier alpha value is -1.87. The predicted molar refractivity (Wildman–Crippen MR) is 77.4 cm³/mol. The van der Waals surface area contributed by atoms with Gasteiger partial charge in [0.25, 0.3) is 0 Å². The van der Waals surface area contributed by atoms with Crippen LogP contribution in [0.5, 0.6) is 5.75 Å². The summed E-state index contributed by atoms with van der Waals surface area (Å²) in [6, 6.07) is 10.8. The zero-order valence-electron chi connectivity index (χ0n) is 11.7. The van der Waals surface area contributed by atoms with Gasteiger partial charge in [-0.2, -0.15) is 0 Å². The molecule has 0 amide bonds. The number of benzene rings is 2. The predicted octanol–water partition coefficient (Wildman–Crippen LogP) is 3.29. The van der Waals surface area contributed by atoms with E-state index in [1.165, 1.54) is 11.6 Å².